The molecule has 0 amide bonds. The topological polar surface area (TPSA) is 64.8 Å². The lowest BCUT2D eigenvalue weighted by Gasteiger charge is -2.24. The van der Waals surface area contributed by atoms with Crippen molar-refractivity contribution in [2.24, 2.45) is 5.73 Å². The Kier molecular flexibility index (Phi) is 7.04. The average molecular weight is 314 g/mol. The highest BCUT2D eigenvalue weighted by Crippen LogP contribution is 2.21. The summed E-state index contributed by atoms with van der Waals surface area (Å²) in [5.41, 5.74) is 6.31. The molecule has 0 aliphatic rings. The fraction of sp³-hybridized carbons (Fsp3) is 0.429. The number of benzene rings is 1. The summed E-state index contributed by atoms with van der Waals surface area (Å²) in [6.07, 6.45) is 0.163. The first-order valence-electron chi connectivity index (χ1n) is 6.39. The van der Waals surface area contributed by atoms with Gasteiger partial charge in [0.2, 0.25) is 0 Å². The summed E-state index contributed by atoms with van der Waals surface area (Å²) >= 11 is 4.82. The van der Waals surface area contributed by atoms with Crippen molar-refractivity contribution in [2.45, 2.75) is 6.42 Å². The van der Waals surface area contributed by atoms with Gasteiger partial charge in [-0.3, -0.25) is 4.79 Å². The number of halogens is 1. The molecule has 21 heavy (non-hydrogen) atoms. The summed E-state index contributed by atoms with van der Waals surface area (Å²) in [4.78, 5) is 13.1. The smallest absolute Gasteiger partial charge is 0.307 e. The van der Waals surface area contributed by atoms with Crippen LogP contribution in [0.2, 0.25) is 0 Å². The first-order valence-corrected chi connectivity index (χ1v) is 6.80. The number of rotatable bonds is 8. The van der Waals surface area contributed by atoms with Gasteiger partial charge in [0.15, 0.2) is 0 Å². The molecule has 0 bridgehead atoms. The molecule has 0 aliphatic heterocycles. The molecule has 0 aliphatic carbocycles. The minimum absolute atomic E-state index is 0.137. The molecule has 116 valence electrons. The van der Waals surface area contributed by atoms with Crippen LogP contribution >= 0.6 is 12.2 Å². The third kappa shape index (κ3) is 5.28. The van der Waals surface area contributed by atoms with E-state index in [1.54, 1.807) is 24.1 Å². The fourth-order valence-corrected chi connectivity index (χ4v) is 1.93. The molecule has 7 heteroatoms. The summed E-state index contributed by atoms with van der Waals surface area (Å²) in [6.45, 7) is 1.20. The Morgan fingerprint density at radius 2 is 2.10 bits per heavy atom. The molecule has 0 fully saturated rings. The Balaban J connectivity index is 2.91. The van der Waals surface area contributed by atoms with Crippen LogP contribution in [0.5, 0.6) is 0 Å². The number of anilines is 1. The number of carbonyl (C=O) groups excluding carboxylic acids is 1. The van der Waals surface area contributed by atoms with Crippen molar-refractivity contribution in [1.29, 1.82) is 0 Å². The first kappa shape index (κ1) is 17.3. The van der Waals surface area contributed by atoms with Gasteiger partial charge in [0.1, 0.15) is 10.8 Å². The number of methoxy groups -OCH3 is 2. The van der Waals surface area contributed by atoms with Crippen LogP contribution in [0.4, 0.5) is 10.1 Å². The van der Waals surface area contributed by atoms with Crippen molar-refractivity contribution in [2.75, 3.05) is 38.8 Å². The second kappa shape index (κ2) is 8.53. The van der Waals surface area contributed by atoms with Gasteiger partial charge in [0.25, 0.3) is 0 Å². The van der Waals surface area contributed by atoms with Crippen LogP contribution < -0.4 is 10.6 Å². The lowest BCUT2D eigenvalue weighted by Crippen LogP contribution is -2.30. The highest BCUT2D eigenvalue weighted by Gasteiger charge is 2.14. The lowest BCUT2D eigenvalue weighted by atomic mass is 10.1. The van der Waals surface area contributed by atoms with Crippen LogP contribution in [0.15, 0.2) is 18.2 Å². The van der Waals surface area contributed by atoms with E-state index in [4.69, 9.17) is 22.7 Å². The monoisotopic (exact) mass is 314 g/mol. The molecule has 0 saturated carbocycles. The second-order valence-electron chi connectivity index (χ2n) is 4.34. The number of carbonyl (C=O) groups is 1. The van der Waals surface area contributed by atoms with Crippen molar-refractivity contribution in [3.05, 3.63) is 29.6 Å². The molecular formula is C14H19FN2O3S. The zero-order chi connectivity index (χ0) is 15.8. The van der Waals surface area contributed by atoms with Gasteiger partial charge in [-0.15, -0.1) is 0 Å². The van der Waals surface area contributed by atoms with Gasteiger partial charge in [-0.05, 0) is 18.2 Å². The molecule has 0 heterocycles. The number of hydrogen-bond donors (Lipinski definition) is 1. The first-order chi connectivity index (χ1) is 9.99. The number of esters is 1. The number of hydrogen-bond acceptors (Lipinski definition) is 5. The molecule has 0 radical (unpaired) electrons. The summed E-state index contributed by atoms with van der Waals surface area (Å²) < 4.78 is 23.8. The average Bonchev–Trinajstić information content (AvgIpc) is 2.47. The van der Waals surface area contributed by atoms with Crippen molar-refractivity contribution in [1.82, 2.24) is 0 Å². The van der Waals surface area contributed by atoms with Crippen molar-refractivity contribution in [3.63, 3.8) is 0 Å². The van der Waals surface area contributed by atoms with Gasteiger partial charge >= 0.3 is 5.97 Å². The molecule has 0 unspecified atom stereocenters. The standard InChI is InChI=1S/C14H19FN2O3S/c1-19-8-7-17(6-5-13(18)20-2)12-4-3-10(14(16)21)9-11(12)15/h3-4,9H,5-8H2,1-2H3,(H2,16,21). The van der Waals surface area contributed by atoms with Gasteiger partial charge in [-0.2, -0.15) is 0 Å². The van der Waals surface area contributed by atoms with Gasteiger partial charge in [0.05, 0.1) is 25.8 Å². The predicted octanol–water partition coefficient (Wildman–Crippen LogP) is 1.48. The van der Waals surface area contributed by atoms with Crippen LogP contribution in [0.25, 0.3) is 0 Å². The zero-order valence-corrected chi connectivity index (χ0v) is 12.9. The van der Waals surface area contributed by atoms with E-state index in [2.05, 4.69) is 4.74 Å². The summed E-state index contributed by atoms with van der Waals surface area (Å²) in [6, 6.07) is 4.53. The third-order valence-electron chi connectivity index (χ3n) is 2.95. The Labute approximate surface area is 128 Å². The van der Waals surface area contributed by atoms with Crippen LogP contribution in [0, 0.1) is 5.82 Å². The van der Waals surface area contributed by atoms with Gasteiger partial charge < -0.3 is 20.1 Å². The molecule has 0 spiro atoms. The Morgan fingerprint density at radius 3 is 2.62 bits per heavy atom. The molecule has 1 aromatic rings. The largest absolute Gasteiger partial charge is 0.469 e. The van der Waals surface area contributed by atoms with Gasteiger partial charge in [-0.25, -0.2) is 4.39 Å². The fourth-order valence-electron chi connectivity index (χ4n) is 1.80. The van der Waals surface area contributed by atoms with Crippen LogP contribution in [0.3, 0.4) is 0 Å². The Hall–Kier alpha value is -1.73. The minimum atomic E-state index is -0.443. The maximum absolute atomic E-state index is 14.2. The maximum atomic E-state index is 14.2. The predicted molar refractivity (Wildman–Crippen MR) is 83.0 cm³/mol. The van der Waals surface area contributed by atoms with Crippen LogP contribution in [-0.4, -0.2) is 44.9 Å². The lowest BCUT2D eigenvalue weighted by molar-refractivity contribution is -0.140. The highest BCUT2D eigenvalue weighted by molar-refractivity contribution is 7.80. The van der Waals surface area contributed by atoms with Crippen molar-refractivity contribution < 1.29 is 18.7 Å². The van der Waals surface area contributed by atoms with E-state index in [1.807, 2.05) is 0 Å². The Bertz CT molecular complexity index is 511. The van der Waals surface area contributed by atoms with Gasteiger partial charge in [0, 0.05) is 25.8 Å². The molecule has 1 aromatic carbocycles. The highest BCUT2D eigenvalue weighted by atomic mass is 32.1. The maximum Gasteiger partial charge on any atom is 0.307 e. The number of ether oxygens (including phenoxy) is 2. The molecule has 1 rings (SSSR count). The number of nitrogens with zero attached hydrogens (tertiary/aromatic N) is 1. The van der Waals surface area contributed by atoms with E-state index in [0.29, 0.717) is 30.9 Å². The quantitative estimate of drug-likeness (QED) is 0.579. The second-order valence-corrected chi connectivity index (χ2v) is 4.78. The van der Waals surface area contributed by atoms with E-state index in [0.717, 1.165) is 0 Å². The summed E-state index contributed by atoms with van der Waals surface area (Å²) in [7, 11) is 2.88. The zero-order valence-electron chi connectivity index (χ0n) is 12.1. The van der Waals surface area contributed by atoms with E-state index in [9.17, 15) is 9.18 Å². The molecule has 0 aromatic heterocycles. The molecule has 5 nitrogen and oxygen atoms in total. The molecule has 0 atom stereocenters. The van der Waals surface area contributed by atoms with Crippen LogP contribution in [0.1, 0.15) is 12.0 Å². The molecule has 0 saturated heterocycles. The van der Waals surface area contributed by atoms with E-state index < -0.39 is 5.82 Å². The summed E-state index contributed by atoms with van der Waals surface area (Å²) in [5, 5.41) is 0. The van der Waals surface area contributed by atoms with Crippen molar-refractivity contribution >= 4 is 28.9 Å². The minimum Gasteiger partial charge on any atom is -0.469 e. The molecule has 2 N–H and O–H groups in total. The van der Waals surface area contributed by atoms with Crippen LogP contribution in [-0.2, 0) is 14.3 Å². The number of nitrogens with two attached hydrogens (primary N) is 1. The van der Waals surface area contributed by atoms with Crippen molar-refractivity contribution in [3.8, 4) is 0 Å². The molecular weight excluding hydrogens is 295 g/mol. The SMILES string of the molecule is COCCN(CCC(=O)OC)c1ccc(C(N)=S)cc1F. The number of thiocarbonyl (C=S) groups is 1. The van der Waals surface area contributed by atoms with E-state index in [1.165, 1.54) is 13.2 Å². The normalized spacial score (nSPS) is 10.2. The van der Waals surface area contributed by atoms with Gasteiger partial charge in [-0.1, -0.05) is 12.2 Å². The summed E-state index contributed by atoms with van der Waals surface area (Å²) in [5.74, 6) is -0.793. The Morgan fingerprint density at radius 1 is 1.38 bits per heavy atom. The van der Waals surface area contributed by atoms with E-state index in [-0.39, 0.29) is 17.4 Å². The third-order valence-corrected chi connectivity index (χ3v) is 3.19. The van der Waals surface area contributed by atoms with E-state index >= 15 is 0 Å².